The zero-order valence-electron chi connectivity index (χ0n) is 15.9. The number of ether oxygens (including phenoxy) is 1. The molecule has 0 atom stereocenters. The van der Waals surface area contributed by atoms with Gasteiger partial charge in [0.05, 0.1) is 6.26 Å². The van der Waals surface area contributed by atoms with Crippen LogP contribution in [-0.4, -0.2) is 71.9 Å². The third-order valence-corrected chi connectivity index (χ3v) is 7.01. The van der Waals surface area contributed by atoms with Crippen molar-refractivity contribution in [2.45, 2.75) is 38.5 Å². The molecule has 1 heterocycles. The summed E-state index contributed by atoms with van der Waals surface area (Å²) in [6, 6.07) is 0. The van der Waals surface area contributed by atoms with Gasteiger partial charge in [0.1, 0.15) is 0 Å². The predicted molar refractivity (Wildman–Crippen MR) is 101 cm³/mol. The van der Waals surface area contributed by atoms with Crippen molar-refractivity contribution in [1.29, 1.82) is 0 Å². The molecule has 146 valence electrons. The second kappa shape index (κ2) is 9.19. The van der Waals surface area contributed by atoms with Crippen molar-refractivity contribution >= 4 is 16.0 Å². The Morgan fingerprint density at radius 3 is 2.44 bits per heavy atom. The van der Waals surface area contributed by atoms with Gasteiger partial charge < -0.3 is 15.4 Å². The minimum atomic E-state index is -3.05. The van der Waals surface area contributed by atoms with E-state index in [9.17, 15) is 8.42 Å². The molecule has 2 rings (SSSR count). The van der Waals surface area contributed by atoms with Crippen molar-refractivity contribution in [3.63, 3.8) is 0 Å². The van der Waals surface area contributed by atoms with Gasteiger partial charge >= 0.3 is 0 Å². The molecule has 1 aliphatic heterocycles. The molecule has 0 aromatic carbocycles. The molecule has 25 heavy (non-hydrogen) atoms. The third-order valence-electron chi connectivity index (χ3n) is 5.71. The number of hydrogen-bond acceptors (Lipinski definition) is 4. The normalized spacial score (nSPS) is 22.4. The van der Waals surface area contributed by atoms with E-state index in [0.717, 1.165) is 44.9 Å². The Morgan fingerprint density at radius 2 is 1.96 bits per heavy atom. The molecular formula is C17H34N4O3S. The number of nitrogens with zero attached hydrogens (tertiary/aromatic N) is 2. The molecule has 0 unspecified atom stereocenters. The number of sulfonamides is 1. The van der Waals surface area contributed by atoms with E-state index in [-0.39, 0.29) is 0 Å². The molecule has 8 heteroatoms. The zero-order chi connectivity index (χ0) is 18.3. The number of rotatable bonds is 8. The zero-order valence-corrected chi connectivity index (χ0v) is 16.7. The Balaban J connectivity index is 1.70. The second-order valence-electron chi connectivity index (χ2n) is 7.51. The summed E-state index contributed by atoms with van der Waals surface area (Å²) in [5.41, 5.74) is 0.356. The fourth-order valence-corrected chi connectivity index (χ4v) is 4.56. The SMILES string of the molecule is CN=C(NCC1CCN(S(C)(=O)=O)CC1)NCC1(CCOC)CCC1. The highest BCUT2D eigenvalue weighted by molar-refractivity contribution is 7.88. The lowest BCUT2D eigenvalue weighted by molar-refractivity contribution is 0.0732. The van der Waals surface area contributed by atoms with E-state index >= 15 is 0 Å². The average molecular weight is 375 g/mol. The van der Waals surface area contributed by atoms with Crippen molar-refractivity contribution in [2.75, 3.05) is 53.2 Å². The Kier molecular flexibility index (Phi) is 7.51. The smallest absolute Gasteiger partial charge is 0.211 e. The van der Waals surface area contributed by atoms with Gasteiger partial charge in [0.2, 0.25) is 10.0 Å². The molecule has 0 aromatic rings. The monoisotopic (exact) mass is 374 g/mol. The van der Waals surface area contributed by atoms with Gasteiger partial charge in [-0.15, -0.1) is 0 Å². The van der Waals surface area contributed by atoms with Crippen molar-refractivity contribution in [2.24, 2.45) is 16.3 Å². The summed E-state index contributed by atoms with van der Waals surface area (Å²) >= 11 is 0. The van der Waals surface area contributed by atoms with Crippen LogP contribution in [0, 0.1) is 11.3 Å². The van der Waals surface area contributed by atoms with Crippen molar-refractivity contribution < 1.29 is 13.2 Å². The topological polar surface area (TPSA) is 83.0 Å². The van der Waals surface area contributed by atoms with Gasteiger partial charge in [-0.1, -0.05) is 6.42 Å². The Labute approximate surface area is 152 Å². The van der Waals surface area contributed by atoms with E-state index < -0.39 is 10.0 Å². The van der Waals surface area contributed by atoms with Crippen LogP contribution < -0.4 is 10.6 Å². The fourth-order valence-electron chi connectivity index (χ4n) is 3.69. The highest BCUT2D eigenvalue weighted by atomic mass is 32.2. The van der Waals surface area contributed by atoms with Crippen molar-refractivity contribution in [3.8, 4) is 0 Å². The molecule has 2 fully saturated rings. The van der Waals surface area contributed by atoms with Crippen molar-refractivity contribution in [3.05, 3.63) is 0 Å². The van der Waals surface area contributed by atoms with Crippen LogP contribution in [0.15, 0.2) is 4.99 Å². The number of guanidine groups is 1. The van der Waals surface area contributed by atoms with Crippen LogP contribution in [-0.2, 0) is 14.8 Å². The van der Waals surface area contributed by atoms with Gasteiger partial charge in [0.15, 0.2) is 5.96 Å². The van der Waals surface area contributed by atoms with E-state index in [1.165, 1.54) is 25.5 Å². The lowest BCUT2D eigenvalue weighted by Crippen LogP contribution is -2.48. The van der Waals surface area contributed by atoms with E-state index in [1.54, 1.807) is 18.5 Å². The number of methoxy groups -OCH3 is 1. The van der Waals surface area contributed by atoms with Crippen LogP contribution in [0.25, 0.3) is 0 Å². The van der Waals surface area contributed by atoms with Gasteiger partial charge in [-0.25, -0.2) is 12.7 Å². The number of piperidine rings is 1. The maximum Gasteiger partial charge on any atom is 0.211 e. The van der Waals surface area contributed by atoms with Crippen LogP contribution in [0.3, 0.4) is 0 Å². The summed E-state index contributed by atoms with van der Waals surface area (Å²) in [5.74, 6) is 1.33. The van der Waals surface area contributed by atoms with Gasteiger partial charge in [0, 0.05) is 46.9 Å². The maximum atomic E-state index is 11.6. The molecule has 1 aliphatic carbocycles. The Hall–Kier alpha value is -0.860. The van der Waals surface area contributed by atoms with Crippen LogP contribution in [0.2, 0.25) is 0 Å². The molecule has 1 saturated heterocycles. The molecule has 0 bridgehead atoms. The molecule has 0 amide bonds. The summed E-state index contributed by atoms with van der Waals surface area (Å²) < 4.78 is 30.0. The fraction of sp³-hybridized carbons (Fsp3) is 0.941. The molecule has 0 spiro atoms. The molecular weight excluding hydrogens is 340 g/mol. The number of hydrogen-bond donors (Lipinski definition) is 2. The lowest BCUT2D eigenvalue weighted by Gasteiger charge is -2.42. The molecule has 0 radical (unpaired) electrons. The summed E-state index contributed by atoms with van der Waals surface area (Å²) in [4.78, 5) is 4.33. The van der Waals surface area contributed by atoms with Crippen LogP contribution in [0.1, 0.15) is 38.5 Å². The first kappa shape index (κ1) is 20.5. The summed E-state index contributed by atoms with van der Waals surface area (Å²) in [6.07, 6.45) is 7.99. The Morgan fingerprint density at radius 1 is 1.28 bits per heavy atom. The quantitative estimate of drug-likeness (QED) is 0.490. The van der Waals surface area contributed by atoms with Gasteiger partial charge in [-0.2, -0.15) is 0 Å². The second-order valence-corrected chi connectivity index (χ2v) is 9.49. The Bertz CT molecular complexity index is 538. The van der Waals surface area contributed by atoms with Crippen LogP contribution in [0.4, 0.5) is 0 Å². The first-order valence-corrected chi connectivity index (χ1v) is 11.1. The summed E-state index contributed by atoms with van der Waals surface area (Å²) in [5, 5.41) is 6.88. The average Bonchev–Trinajstić information content (AvgIpc) is 2.55. The van der Waals surface area contributed by atoms with Gasteiger partial charge in [-0.05, 0) is 43.4 Å². The van der Waals surface area contributed by atoms with Crippen LogP contribution >= 0.6 is 0 Å². The molecule has 0 aromatic heterocycles. The van der Waals surface area contributed by atoms with E-state index in [4.69, 9.17) is 4.74 Å². The summed E-state index contributed by atoms with van der Waals surface area (Å²) in [7, 11) is 0.507. The highest BCUT2D eigenvalue weighted by Crippen LogP contribution is 2.43. The van der Waals surface area contributed by atoms with Gasteiger partial charge in [0.25, 0.3) is 0 Å². The first-order chi connectivity index (χ1) is 11.9. The minimum absolute atomic E-state index is 0.356. The van der Waals surface area contributed by atoms with E-state index in [1.807, 2.05) is 0 Å². The maximum absolute atomic E-state index is 11.6. The standard InChI is InChI=1S/C17H34N4O3S/c1-18-16(20-14-17(7-4-8-17)9-12-24-2)19-13-15-5-10-21(11-6-15)25(3,22)23/h15H,4-14H2,1-3H3,(H2,18,19,20). The van der Waals surface area contributed by atoms with Crippen LogP contribution in [0.5, 0.6) is 0 Å². The van der Waals surface area contributed by atoms with Crippen molar-refractivity contribution in [1.82, 2.24) is 14.9 Å². The van der Waals surface area contributed by atoms with Gasteiger partial charge in [-0.3, -0.25) is 4.99 Å². The molecule has 1 saturated carbocycles. The molecule has 2 aliphatic rings. The predicted octanol–water partition coefficient (Wildman–Crippen LogP) is 1.03. The largest absolute Gasteiger partial charge is 0.385 e. The molecule has 2 N–H and O–H groups in total. The minimum Gasteiger partial charge on any atom is -0.385 e. The number of nitrogens with one attached hydrogen (secondary N) is 2. The summed E-state index contributed by atoms with van der Waals surface area (Å²) in [6.45, 7) is 3.83. The van der Waals surface area contributed by atoms with E-state index in [0.29, 0.717) is 24.4 Å². The number of aliphatic imine (C=N–C) groups is 1. The highest BCUT2D eigenvalue weighted by Gasteiger charge is 2.36. The van der Waals surface area contributed by atoms with E-state index in [2.05, 4.69) is 15.6 Å². The lowest BCUT2D eigenvalue weighted by atomic mass is 9.67. The molecule has 7 nitrogen and oxygen atoms in total. The third kappa shape index (κ3) is 6.11. The first-order valence-electron chi connectivity index (χ1n) is 9.27.